The van der Waals surface area contributed by atoms with Gasteiger partial charge in [-0.1, -0.05) is 49.1 Å². The van der Waals surface area contributed by atoms with Crippen molar-refractivity contribution in [1.82, 2.24) is 4.90 Å². The summed E-state index contributed by atoms with van der Waals surface area (Å²) in [5.74, 6) is 0.00393. The van der Waals surface area contributed by atoms with Gasteiger partial charge in [-0.25, -0.2) is 0 Å². The molecule has 0 spiro atoms. The molecule has 32 heavy (non-hydrogen) atoms. The molecule has 1 heterocycles. The molecule has 1 atom stereocenters. The second-order valence-electron chi connectivity index (χ2n) is 7.25. The minimum atomic E-state index is -0.589. The lowest BCUT2D eigenvalue weighted by atomic mass is 9.91. The molecule has 6 heteroatoms. The van der Waals surface area contributed by atoms with Gasteiger partial charge in [0.15, 0.2) is 11.5 Å². The van der Waals surface area contributed by atoms with Crippen LogP contribution in [0.25, 0.3) is 6.08 Å². The van der Waals surface area contributed by atoms with E-state index >= 15 is 0 Å². The van der Waals surface area contributed by atoms with E-state index in [9.17, 15) is 14.9 Å². The summed E-state index contributed by atoms with van der Waals surface area (Å²) in [6.45, 7) is 7.35. The molecule has 1 aliphatic rings. The maximum Gasteiger partial charge on any atom is 0.272 e. The molecule has 162 valence electrons. The van der Waals surface area contributed by atoms with Crippen LogP contribution < -0.4 is 9.47 Å². The van der Waals surface area contributed by atoms with Crippen molar-refractivity contribution in [2.24, 2.45) is 0 Å². The van der Waals surface area contributed by atoms with Crippen molar-refractivity contribution in [3.8, 4) is 17.6 Å². The van der Waals surface area contributed by atoms with Gasteiger partial charge in [0.25, 0.3) is 11.8 Å². The monoisotopic (exact) mass is 428 g/mol. The zero-order valence-corrected chi connectivity index (χ0v) is 18.3. The molecular formula is C26H24N2O4. The molecule has 2 aromatic rings. The number of imide groups is 1. The largest absolute Gasteiger partial charge is 0.493 e. The Bertz CT molecular complexity index is 1160. The zero-order valence-electron chi connectivity index (χ0n) is 18.3. The first-order chi connectivity index (χ1) is 15.4. The second kappa shape index (κ2) is 9.80. The summed E-state index contributed by atoms with van der Waals surface area (Å²) < 4.78 is 11.0. The van der Waals surface area contributed by atoms with Crippen molar-refractivity contribution in [1.29, 1.82) is 5.26 Å². The highest BCUT2D eigenvalue weighted by atomic mass is 16.5. The van der Waals surface area contributed by atoms with Gasteiger partial charge < -0.3 is 9.47 Å². The van der Waals surface area contributed by atoms with Gasteiger partial charge >= 0.3 is 0 Å². The molecule has 0 aliphatic carbocycles. The summed E-state index contributed by atoms with van der Waals surface area (Å²) in [5.41, 5.74) is 2.07. The van der Waals surface area contributed by atoms with Crippen LogP contribution in [0.2, 0.25) is 0 Å². The van der Waals surface area contributed by atoms with Crippen LogP contribution in [0.5, 0.6) is 11.5 Å². The van der Waals surface area contributed by atoms with Gasteiger partial charge in [0.1, 0.15) is 18.2 Å². The molecule has 0 aromatic heterocycles. The highest BCUT2D eigenvalue weighted by Crippen LogP contribution is 2.34. The van der Waals surface area contributed by atoms with Gasteiger partial charge in [0, 0.05) is 5.57 Å². The van der Waals surface area contributed by atoms with Crippen LogP contribution in [0.3, 0.4) is 0 Å². The average molecular weight is 428 g/mol. The molecule has 6 nitrogen and oxygen atoms in total. The van der Waals surface area contributed by atoms with Gasteiger partial charge in [-0.3, -0.25) is 14.5 Å². The standard InChI is InChI=1S/C26H24N2O4/c1-5-13-32-23-12-11-19(15-24(23)31-4)14-21-17(2)22(16-27)26(30)28(25(21)29)18(3)20-9-7-6-8-10-20/h5-12,14-15,18H,1,13H2,2-4H3/b21-14+. The van der Waals surface area contributed by atoms with Gasteiger partial charge in [0.2, 0.25) is 0 Å². The van der Waals surface area contributed by atoms with Crippen LogP contribution in [0.1, 0.15) is 31.0 Å². The summed E-state index contributed by atoms with van der Waals surface area (Å²) in [4.78, 5) is 27.5. The highest BCUT2D eigenvalue weighted by molar-refractivity contribution is 6.19. The second-order valence-corrected chi connectivity index (χ2v) is 7.25. The van der Waals surface area contributed by atoms with E-state index in [4.69, 9.17) is 9.47 Å². The van der Waals surface area contributed by atoms with Crippen molar-refractivity contribution >= 4 is 17.9 Å². The number of benzene rings is 2. The Morgan fingerprint density at radius 2 is 1.84 bits per heavy atom. The lowest BCUT2D eigenvalue weighted by molar-refractivity contribution is -0.143. The molecule has 0 saturated carbocycles. The van der Waals surface area contributed by atoms with Crippen molar-refractivity contribution in [2.45, 2.75) is 19.9 Å². The van der Waals surface area contributed by atoms with E-state index in [1.54, 1.807) is 44.2 Å². The molecular weight excluding hydrogens is 404 g/mol. The Hall–Kier alpha value is -4.11. The number of carbonyl (C=O) groups is 2. The fourth-order valence-electron chi connectivity index (χ4n) is 3.54. The maximum atomic E-state index is 13.4. The number of hydrogen-bond acceptors (Lipinski definition) is 5. The van der Waals surface area contributed by atoms with E-state index in [0.717, 1.165) is 10.5 Å². The van der Waals surface area contributed by atoms with Gasteiger partial charge in [-0.05, 0) is 48.8 Å². The molecule has 3 rings (SSSR count). The molecule has 0 bridgehead atoms. The predicted octanol–water partition coefficient (Wildman–Crippen LogP) is 4.61. The number of amides is 2. The smallest absolute Gasteiger partial charge is 0.272 e. The number of hydrogen-bond donors (Lipinski definition) is 0. The van der Waals surface area contributed by atoms with Crippen molar-refractivity contribution in [3.63, 3.8) is 0 Å². The molecule has 0 N–H and O–H groups in total. The molecule has 0 radical (unpaired) electrons. The first kappa shape index (κ1) is 22.6. The Kier molecular flexibility index (Phi) is 6.91. The average Bonchev–Trinajstić information content (AvgIpc) is 2.81. The number of carbonyl (C=O) groups excluding carboxylic acids is 2. The fraction of sp³-hybridized carbons (Fsp3) is 0.192. The van der Waals surface area contributed by atoms with E-state index in [1.165, 1.54) is 7.11 Å². The third kappa shape index (κ3) is 4.33. The Morgan fingerprint density at radius 3 is 2.47 bits per heavy atom. The van der Waals surface area contributed by atoms with E-state index in [-0.39, 0.29) is 11.1 Å². The van der Waals surface area contributed by atoms with Crippen LogP contribution in [-0.2, 0) is 9.59 Å². The van der Waals surface area contributed by atoms with Gasteiger partial charge in [-0.15, -0.1) is 0 Å². The van der Waals surface area contributed by atoms with Crippen molar-refractivity contribution in [3.05, 3.63) is 89.0 Å². The maximum absolute atomic E-state index is 13.4. The number of rotatable bonds is 7. The quantitative estimate of drug-likeness (QED) is 0.365. The Labute approximate surface area is 187 Å². The summed E-state index contributed by atoms with van der Waals surface area (Å²) in [5, 5.41) is 9.63. The van der Waals surface area contributed by atoms with E-state index in [1.807, 2.05) is 36.4 Å². The first-order valence-electron chi connectivity index (χ1n) is 10.1. The highest BCUT2D eigenvalue weighted by Gasteiger charge is 2.38. The molecule has 1 aliphatic heterocycles. The number of methoxy groups -OCH3 is 1. The van der Waals surface area contributed by atoms with Crippen LogP contribution in [0, 0.1) is 11.3 Å². The summed E-state index contributed by atoms with van der Waals surface area (Å²) >= 11 is 0. The predicted molar refractivity (Wildman–Crippen MR) is 122 cm³/mol. The third-order valence-electron chi connectivity index (χ3n) is 5.30. The van der Waals surface area contributed by atoms with E-state index in [0.29, 0.717) is 29.2 Å². The zero-order chi connectivity index (χ0) is 23.3. The van der Waals surface area contributed by atoms with E-state index < -0.39 is 17.9 Å². The number of ether oxygens (including phenoxy) is 2. The van der Waals surface area contributed by atoms with Gasteiger partial charge in [-0.2, -0.15) is 5.26 Å². The lowest BCUT2D eigenvalue weighted by Crippen LogP contribution is -2.44. The lowest BCUT2D eigenvalue weighted by Gasteiger charge is -2.32. The van der Waals surface area contributed by atoms with Crippen molar-refractivity contribution in [2.75, 3.05) is 13.7 Å². The third-order valence-corrected chi connectivity index (χ3v) is 5.30. The fourth-order valence-corrected chi connectivity index (χ4v) is 3.54. The van der Waals surface area contributed by atoms with Crippen LogP contribution in [-0.4, -0.2) is 30.4 Å². The molecule has 0 saturated heterocycles. The van der Waals surface area contributed by atoms with Crippen LogP contribution in [0.15, 0.2) is 77.9 Å². The topological polar surface area (TPSA) is 79.6 Å². The summed E-state index contributed by atoms with van der Waals surface area (Å²) in [6, 6.07) is 15.9. The van der Waals surface area contributed by atoms with E-state index in [2.05, 4.69) is 6.58 Å². The SMILES string of the molecule is C=CCOc1ccc(/C=C2/C(=O)N(C(C)c3ccccc3)C(=O)C(C#N)=C2C)cc1OC. The van der Waals surface area contributed by atoms with Crippen LogP contribution in [0.4, 0.5) is 0 Å². The first-order valence-corrected chi connectivity index (χ1v) is 10.1. The van der Waals surface area contributed by atoms with Gasteiger partial charge in [0.05, 0.1) is 13.2 Å². The molecule has 1 unspecified atom stereocenters. The Morgan fingerprint density at radius 1 is 1.12 bits per heavy atom. The minimum absolute atomic E-state index is 0.0449. The number of nitriles is 1. The minimum Gasteiger partial charge on any atom is -0.493 e. The Balaban J connectivity index is 2.07. The van der Waals surface area contributed by atoms with Crippen molar-refractivity contribution < 1.29 is 19.1 Å². The van der Waals surface area contributed by atoms with Crippen LogP contribution >= 0.6 is 0 Å². The summed E-state index contributed by atoms with van der Waals surface area (Å²) in [7, 11) is 1.53. The molecule has 2 aromatic carbocycles. The molecule has 0 fully saturated rings. The normalized spacial score (nSPS) is 16.1. The molecule has 2 amide bonds. The number of nitrogens with zero attached hydrogens (tertiary/aromatic N) is 2. The summed E-state index contributed by atoms with van der Waals surface area (Å²) in [6.07, 6.45) is 3.29.